The van der Waals surface area contributed by atoms with E-state index < -0.39 is 12.0 Å². The second-order valence-corrected chi connectivity index (χ2v) is 6.65. The Kier molecular flexibility index (Phi) is 4.65. The van der Waals surface area contributed by atoms with Crippen LogP contribution in [-0.2, 0) is 4.74 Å². The number of carbonyl (C=O) groups is 1. The highest BCUT2D eigenvalue weighted by Gasteiger charge is 2.27. The standard InChI is InChI=1S/C13H19F2N3O2S/c1-13(2,3)20-12(19)18-6-4-17(5-7-18)11-16-9(8-21-11)10(14)15/h8,10H,4-7H2,1-3H3. The van der Waals surface area contributed by atoms with E-state index in [-0.39, 0.29) is 11.8 Å². The summed E-state index contributed by atoms with van der Waals surface area (Å²) in [6, 6.07) is 0. The van der Waals surface area contributed by atoms with Gasteiger partial charge in [0.1, 0.15) is 11.3 Å². The van der Waals surface area contributed by atoms with Crippen LogP contribution in [0, 0.1) is 0 Å². The summed E-state index contributed by atoms with van der Waals surface area (Å²) in [4.78, 5) is 19.4. The van der Waals surface area contributed by atoms with Crippen molar-refractivity contribution in [2.75, 3.05) is 31.1 Å². The molecular formula is C13H19F2N3O2S. The Hall–Kier alpha value is -1.44. The van der Waals surface area contributed by atoms with Gasteiger partial charge in [0.25, 0.3) is 6.43 Å². The van der Waals surface area contributed by atoms with Crippen LogP contribution in [0.15, 0.2) is 5.38 Å². The molecule has 1 aliphatic rings. The summed E-state index contributed by atoms with van der Waals surface area (Å²) in [5, 5.41) is 1.95. The van der Waals surface area contributed by atoms with E-state index in [0.717, 1.165) is 0 Å². The monoisotopic (exact) mass is 319 g/mol. The molecule has 0 radical (unpaired) electrons. The van der Waals surface area contributed by atoms with Crippen molar-refractivity contribution in [2.24, 2.45) is 0 Å². The van der Waals surface area contributed by atoms with Crippen molar-refractivity contribution in [3.63, 3.8) is 0 Å². The molecule has 5 nitrogen and oxygen atoms in total. The van der Waals surface area contributed by atoms with Crippen molar-refractivity contribution in [1.29, 1.82) is 0 Å². The lowest BCUT2D eigenvalue weighted by Gasteiger charge is -2.35. The summed E-state index contributed by atoms with van der Waals surface area (Å²) in [5.74, 6) is 0. The van der Waals surface area contributed by atoms with Crippen LogP contribution in [0.5, 0.6) is 0 Å². The van der Waals surface area contributed by atoms with Gasteiger partial charge in [0.15, 0.2) is 5.13 Å². The van der Waals surface area contributed by atoms with Crippen molar-refractivity contribution < 1.29 is 18.3 Å². The molecule has 0 atom stereocenters. The number of piperazine rings is 1. The molecule has 1 aromatic rings. The quantitative estimate of drug-likeness (QED) is 0.840. The minimum atomic E-state index is -2.54. The van der Waals surface area contributed by atoms with Gasteiger partial charge in [-0.1, -0.05) is 0 Å². The number of ether oxygens (including phenoxy) is 1. The third kappa shape index (κ3) is 4.26. The number of thiazole rings is 1. The summed E-state index contributed by atoms with van der Waals surface area (Å²) in [5.41, 5.74) is -0.708. The highest BCUT2D eigenvalue weighted by atomic mass is 32.1. The highest BCUT2D eigenvalue weighted by Crippen LogP contribution is 2.27. The first-order valence-corrected chi connectivity index (χ1v) is 7.60. The number of rotatable bonds is 2. The number of amides is 1. The van der Waals surface area contributed by atoms with Crippen molar-refractivity contribution >= 4 is 22.6 Å². The number of anilines is 1. The first-order valence-electron chi connectivity index (χ1n) is 6.73. The molecule has 0 spiro atoms. The Labute approximate surface area is 126 Å². The van der Waals surface area contributed by atoms with Crippen LogP contribution in [0.4, 0.5) is 18.7 Å². The lowest BCUT2D eigenvalue weighted by atomic mass is 10.2. The zero-order valence-electron chi connectivity index (χ0n) is 12.3. The normalized spacial score (nSPS) is 16.5. The second-order valence-electron chi connectivity index (χ2n) is 5.81. The fraction of sp³-hybridized carbons (Fsp3) is 0.692. The molecule has 1 amide bonds. The van der Waals surface area contributed by atoms with E-state index in [4.69, 9.17) is 4.74 Å². The fourth-order valence-electron chi connectivity index (χ4n) is 1.93. The van der Waals surface area contributed by atoms with Crippen molar-refractivity contribution in [1.82, 2.24) is 9.88 Å². The lowest BCUT2D eigenvalue weighted by molar-refractivity contribution is 0.0240. The minimum Gasteiger partial charge on any atom is -0.444 e. The fourth-order valence-corrected chi connectivity index (χ4v) is 2.80. The van der Waals surface area contributed by atoms with Crippen LogP contribution < -0.4 is 4.90 Å². The molecule has 0 aliphatic carbocycles. The number of hydrogen-bond acceptors (Lipinski definition) is 5. The molecule has 118 valence electrons. The van der Waals surface area contributed by atoms with E-state index in [9.17, 15) is 13.6 Å². The van der Waals surface area contributed by atoms with Gasteiger partial charge in [0.05, 0.1) is 0 Å². The predicted molar refractivity (Wildman–Crippen MR) is 77.1 cm³/mol. The zero-order valence-corrected chi connectivity index (χ0v) is 13.1. The van der Waals surface area contributed by atoms with E-state index in [1.54, 1.807) is 4.90 Å². The minimum absolute atomic E-state index is 0.190. The van der Waals surface area contributed by atoms with Crippen LogP contribution >= 0.6 is 11.3 Å². The average molecular weight is 319 g/mol. The van der Waals surface area contributed by atoms with Gasteiger partial charge >= 0.3 is 6.09 Å². The lowest BCUT2D eigenvalue weighted by Crippen LogP contribution is -2.50. The Morgan fingerprint density at radius 1 is 1.33 bits per heavy atom. The van der Waals surface area contributed by atoms with Crippen LogP contribution in [0.3, 0.4) is 0 Å². The molecule has 2 rings (SSSR count). The van der Waals surface area contributed by atoms with Gasteiger partial charge in [-0.15, -0.1) is 11.3 Å². The molecule has 0 aromatic carbocycles. The van der Waals surface area contributed by atoms with Gasteiger partial charge in [-0.25, -0.2) is 18.6 Å². The summed E-state index contributed by atoms with van der Waals surface area (Å²) in [6.45, 7) is 7.59. The molecule has 1 saturated heterocycles. The maximum absolute atomic E-state index is 12.5. The third-order valence-electron chi connectivity index (χ3n) is 2.94. The van der Waals surface area contributed by atoms with Crippen molar-refractivity contribution in [3.8, 4) is 0 Å². The number of hydrogen-bond donors (Lipinski definition) is 0. The number of alkyl halides is 2. The molecule has 1 aliphatic heterocycles. The molecule has 1 aromatic heterocycles. The van der Waals surface area contributed by atoms with Crippen LogP contribution in [0.2, 0.25) is 0 Å². The Bertz CT molecular complexity index is 494. The molecular weight excluding hydrogens is 300 g/mol. The van der Waals surface area contributed by atoms with E-state index >= 15 is 0 Å². The Morgan fingerprint density at radius 2 is 1.95 bits per heavy atom. The van der Waals surface area contributed by atoms with Gasteiger partial charge in [-0.2, -0.15) is 0 Å². The van der Waals surface area contributed by atoms with Gasteiger partial charge in [0, 0.05) is 31.6 Å². The molecule has 0 unspecified atom stereocenters. The van der Waals surface area contributed by atoms with Crippen LogP contribution in [0.25, 0.3) is 0 Å². The maximum atomic E-state index is 12.5. The molecule has 0 N–H and O–H groups in total. The van der Waals surface area contributed by atoms with E-state index in [0.29, 0.717) is 31.3 Å². The predicted octanol–water partition coefficient (Wildman–Crippen LogP) is 3.14. The zero-order chi connectivity index (χ0) is 15.6. The average Bonchev–Trinajstić information content (AvgIpc) is 2.86. The first-order chi connectivity index (χ1) is 9.76. The van der Waals surface area contributed by atoms with E-state index in [1.165, 1.54) is 16.7 Å². The molecule has 21 heavy (non-hydrogen) atoms. The summed E-state index contributed by atoms with van der Waals surface area (Å²) < 4.78 is 30.4. The van der Waals surface area contributed by atoms with Crippen LogP contribution in [-0.4, -0.2) is 47.8 Å². The van der Waals surface area contributed by atoms with E-state index in [2.05, 4.69) is 4.98 Å². The number of nitrogens with zero attached hydrogens (tertiary/aromatic N) is 3. The van der Waals surface area contributed by atoms with Gasteiger partial charge in [-0.05, 0) is 20.8 Å². The molecule has 0 bridgehead atoms. The van der Waals surface area contributed by atoms with Gasteiger partial charge in [-0.3, -0.25) is 0 Å². The van der Waals surface area contributed by atoms with Crippen molar-refractivity contribution in [3.05, 3.63) is 11.1 Å². The first kappa shape index (κ1) is 15.9. The largest absolute Gasteiger partial charge is 0.444 e. The number of aromatic nitrogens is 1. The smallest absolute Gasteiger partial charge is 0.410 e. The Morgan fingerprint density at radius 3 is 2.43 bits per heavy atom. The summed E-state index contributed by atoms with van der Waals surface area (Å²) >= 11 is 1.20. The Balaban J connectivity index is 1.89. The maximum Gasteiger partial charge on any atom is 0.410 e. The highest BCUT2D eigenvalue weighted by molar-refractivity contribution is 7.13. The number of carbonyl (C=O) groups excluding carboxylic acids is 1. The van der Waals surface area contributed by atoms with Crippen molar-refractivity contribution in [2.45, 2.75) is 32.8 Å². The molecule has 2 heterocycles. The number of halogens is 2. The third-order valence-corrected chi connectivity index (χ3v) is 3.85. The van der Waals surface area contributed by atoms with Gasteiger partial charge < -0.3 is 14.5 Å². The summed E-state index contributed by atoms with van der Waals surface area (Å²) in [7, 11) is 0. The van der Waals surface area contributed by atoms with E-state index in [1.807, 2.05) is 25.7 Å². The topological polar surface area (TPSA) is 45.7 Å². The second kappa shape index (κ2) is 6.13. The summed E-state index contributed by atoms with van der Waals surface area (Å²) in [6.07, 6.45) is -2.88. The van der Waals surface area contributed by atoms with Gasteiger partial charge in [0.2, 0.25) is 0 Å². The SMILES string of the molecule is CC(C)(C)OC(=O)N1CCN(c2nc(C(F)F)cs2)CC1. The molecule has 0 saturated carbocycles. The molecule has 1 fully saturated rings. The molecule has 8 heteroatoms. The van der Waals surface area contributed by atoms with Crippen LogP contribution in [0.1, 0.15) is 32.9 Å².